The Kier molecular flexibility index (Phi) is 3.99. The topological polar surface area (TPSA) is 42.4 Å². The first kappa shape index (κ1) is 12.6. The maximum atomic E-state index is 13.8. The van der Waals surface area contributed by atoms with Crippen LogP contribution in [0.3, 0.4) is 0 Å². The lowest BCUT2D eigenvalue weighted by molar-refractivity contribution is 0.507. The zero-order valence-corrected chi connectivity index (χ0v) is 10.4. The number of nitrogens with two attached hydrogens (primary N) is 1. The van der Waals surface area contributed by atoms with Crippen LogP contribution in [0.4, 0.5) is 10.1 Å². The van der Waals surface area contributed by atoms with E-state index in [1.54, 1.807) is 12.3 Å². The van der Waals surface area contributed by atoms with E-state index in [0.717, 1.165) is 11.4 Å². The average molecular weight is 248 g/mol. The van der Waals surface area contributed by atoms with Crippen molar-refractivity contribution >= 4 is 5.69 Å². The molecular weight excluding hydrogens is 231 g/mol. The highest BCUT2D eigenvalue weighted by Gasteiger charge is 2.12. The van der Waals surface area contributed by atoms with Crippen LogP contribution in [0, 0.1) is 5.82 Å². The fourth-order valence-corrected chi connectivity index (χ4v) is 2.02. The number of hydrogen-bond donors (Lipinski definition) is 1. The van der Waals surface area contributed by atoms with Crippen molar-refractivity contribution in [3.05, 3.63) is 53.7 Å². The van der Waals surface area contributed by atoms with Gasteiger partial charge in [-0.1, -0.05) is 6.07 Å². The molecule has 0 aliphatic heterocycles. The Balaban J connectivity index is 2.23. The number of benzene rings is 1. The van der Waals surface area contributed by atoms with Gasteiger partial charge < -0.3 is 15.1 Å². The summed E-state index contributed by atoms with van der Waals surface area (Å²) in [4.78, 5) is 1.97. The fourth-order valence-electron chi connectivity index (χ4n) is 2.02. The van der Waals surface area contributed by atoms with Crippen molar-refractivity contribution in [2.45, 2.75) is 13.0 Å². The highest BCUT2D eigenvalue weighted by molar-refractivity contribution is 5.54. The number of nitrogens with zero attached hydrogens (tertiary/aromatic N) is 1. The molecule has 0 aliphatic carbocycles. The monoisotopic (exact) mass is 248 g/mol. The van der Waals surface area contributed by atoms with Gasteiger partial charge in [-0.15, -0.1) is 0 Å². The molecule has 2 N–H and O–H groups in total. The second-order valence-corrected chi connectivity index (χ2v) is 4.21. The van der Waals surface area contributed by atoms with Gasteiger partial charge in [-0.3, -0.25) is 0 Å². The molecular formula is C14H17FN2O. The molecule has 0 spiro atoms. The van der Waals surface area contributed by atoms with Crippen LogP contribution in [-0.4, -0.2) is 13.6 Å². The molecule has 0 amide bonds. The summed E-state index contributed by atoms with van der Waals surface area (Å²) in [5.74, 6) is 0.643. The van der Waals surface area contributed by atoms with E-state index in [9.17, 15) is 4.39 Å². The minimum Gasteiger partial charge on any atom is -0.467 e. The van der Waals surface area contributed by atoms with E-state index in [1.807, 2.05) is 30.1 Å². The van der Waals surface area contributed by atoms with Gasteiger partial charge in [0.05, 0.1) is 12.8 Å². The first-order chi connectivity index (χ1) is 8.72. The molecule has 0 saturated heterocycles. The Morgan fingerprint density at radius 3 is 2.78 bits per heavy atom. The van der Waals surface area contributed by atoms with Crippen LogP contribution in [0.1, 0.15) is 11.3 Å². The maximum absolute atomic E-state index is 13.8. The van der Waals surface area contributed by atoms with Gasteiger partial charge >= 0.3 is 0 Å². The van der Waals surface area contributed by atoms with Crippen LogP contribution >= 0.6 is 0 Å². The molecule has 1 heterocycles. The standard InChI is InChI=1S/C14H17FN2O/c1-17(10-11-4-3-9-18-11)14-6-2-5-13(15)12(14)7-8-16/h2-6,9H,7-8,10,16H2,1H3. The lowest BCUT2D eigenvalue weighted by atomic mass is 10.1. The Hall–Kier alpha value is -1.81. The summed E-state index contributed by atoms with van der Waals surface area (Å²) in [5.41, 5.74) is 7.05. The normalized spacial score (nSPS) is 10.6. The molecule has 3 nitrogen and oxygen atoms in total. The summed E-state index contributed by atoms with van der Waals surface area (Å²) in [6.45, 7) is 1.04. The van der Waals surface area contributed by atoms with E-state index >= 15 is 0 Å². The second kappa shape index (κ2) is 5.69. The molecule has 0 aliphatic rings. The van der Waals surface area contributed by atoms with Gasteiger partial charge in [-0.25, -0.2) is 4.39 Å². The molecule has 2 aromatic rings. The van der Waals surface area contributed by atoms with Crippen LogP contribution in [0.25, 0.3) is 0 Å². The quantitative estimate of drug-likeness (QED) is 0.884. The lowest BCUT2D eigenvalue weighted by Gasteiger charge is -2.21. The molecule has 0 radical (unpaired) electrons. The van der Waals surface area contributed by atoms with Crippen molar-refractivity contribution in [3.63, 3.8) is 0 Å². The Morgan fingerprint density at radius 1 is 1.28 bits per heavy atom. The van der Waals surface area contributed by atoms with Gasteiger partial charge in [-0.2, -0.15) is 0 Å². The second-order valence-electron chi connectivity index (χ2n) is 4.21. The summed E-state index contributed by atoms with van der Waals surface area (Å²) in [6, 6.07) is 8.82. The maximum Gasteiger partial charge on any atom is 0.128 e. The minimum absolute atomic E-state index is 0.204. The molecule has 1 aromatic heterocycles. The van der Waals surface area contributed by atoms with Crippen LogP contribution in [-0.2, 0) is 13.0 Å². The SMILES string of the molecule is CN(Cc1ccco1)c1cccc(F)c1CCN. The summed E-state index contributed by atoms with van der Waals surface area (Å²) < 4.78 is 19.1. The molecule has 2 rings (SSSR count). The third-order valence-corrected chi connectivity index (χ3v) is 2.87. The smallest absolute Gasteiger partial charge is 0.128 e. The lowest BCUT2D eigenvalue weighted by Crippen LogP contribution is -2.19. The highest BCUT2D eigenvalue weighted by Crippen LogP contribution is 2.24. The summed E-state index contributed by atoms with van der Waals surface area (Å²) in [5, 5.41) is 0. The predicted molar refractivity (Wildman–Crippen MR) is 70.0 cm³/mol. The molecule has 0 unspecified atom stereocenters. The summed E-state index contributed by atoms with van der Waals surface area (Å²) in [7, 11) is 1.91. The van der Waals surface area contributed by atoms with Gasteiger partial charge in [0, 0.05) is 18.3 Å². The molecule has 18 heavy (non-hydrogen) atoms. The van der Waals surface area contributed by atoms with E-state index in [1.165, 1.54) is 6.07 Å². The van der Waals surface area contributed by atoms with Gasteiger partial charge in [-0.05, 0) is 37.2 Å². The molecule has 0 bridgehead atoms. The highest BCUT2D eigenvalue weighted by atomic mass is 19.1. The van der Waals surface area contributed by atoms with Gasteiger partial charge in [0.2, 0.25) is 0 Å². The van der Waals surface area contributed by atoms with E-state index in [0.29, 0.717) is 25.1 Å². The number of anilines is 1. The van der Waals surface area contributed by atoms with Crippen LogP contribution in [0.5, 0.6) is 0 Å². The summed E-state index contributed by atoms with van der Waals surface area (Å²) in [6.07, 6.45) is 2.17. The van der Waals surface area contributed by atoms with Crippen molar-refractivity contribution in [2.24, 2.45) is 5.73 Å². The first-order valence-corrected chi connectivity index (χ1v) is 5.93. The van der Waals surface area contributed by atoms with E-state index in [-0.39, 0.29) is 5.82 Å². The third-order valence-electron chi connectivity index (χ3n) is 2.87. The molecule has 0 fully saturated rings. The third kappa shape index (κ3) is 2.71. The van der Waals surface area contributed by atoms with Crippen LogP contribution in [0.15, 0.2) is 41.0 Å². The van der Waals surface area contributed by atoms with E-state index in [4.69, 9.17) is 10.2 Å². The van der Waals surface area contributed by atoms with Gasteiger partial charge in [0.15, 0.2) is 0 Å². The number of hydrogen-bond acceptors (Lipinski definition) is 3. The van der Waals surface area contributed by atoms with E-state index in [2.05, 4.69) is 0 Å². The van der Waals surface area contributed by atoms with Crippen molar-refractivity contribution in [1.82, 2.24) is 0 Å². The molecule has 0 atom stereocenters. The van der Waals surface area contributed by atoms with Crippen molar-refractivity contribution in [1.29, 1.82) is 0 Å². The predicted octanol–water partition coefficient (Wildman–Crippen LogP) is 2.56. The number of rotatable bonds is 5. The van der Waals surface area contributed by atoms with Crippen LogP contribution < -0.4 is 10.6 Å². The van der Waals surface area contributed by atoms with E-state index < -0.39 is 0 Å². The van der Waals surface area contributed by atoms with Gasteiger partial charge in [0.1, 0.15) is 11.6 Å². The zero-order valence-electron chi connectivity index (χ0n) is 10.4. The van der Waals surface area contributed by atoms with Crippen molar-refractivity contribution in [3.8, 4) is 0 Å². The average Bonchev–Trinajstić information content (AvgIpc) is 2.84. The Bertz CT molecular complexity index is 497. The Labute approximate surface area is 106 Å². The minimum atomic E-state index is -0.204. The zero-order chi connectivity index (χ0) is 13.0. The number of halogens is 1. The van der Waals surface area contributed by atoms with Gasteiger partial charge in [0.25, 0.3) is 0 Å². The largest absolute Gasteiger partial charge is 0.467 e. The fraction of sp³-hybridized carbons (Fsp3) is 0.286. The van der Waals surface area contributed by atoms with Crippen molar-refractivity contribution < 1.29 is 8.81 Å². The number of furan rings is 1. The molecule has 96 valence electrons. The first-order valence-electron chi connectivity index (χ1n) is 5.93. The Morgan fingerprint density at radius 2 is 2.11 bits per heavy atom. The molecule has 0 saturated carbocycles. The van der Waals surface area contributed by atoms with Crippen LogP contribution in [0.2, 0.25) is 0 Å². The summed E-state index contributed by atoms with van der Waals surface area (Å²) >= 11 is 0. The molecule has 1 aromatic carbocycles. The van der Waals surface area contributed by atoms with Crippen molar-refractivity contribution in [2.75, 3.05) is 18.5 Å². The molecule has 4 heteroatoms.